The fourth-order valence-electron chi connectivity index (χ4n) is 4.64. The Labute approximate surface area is 218 Å². The summed E-state index contributed by atoms with van der Waals surface area (Å²) in [5.41, 5.74) is -1.60. The molecule has 5 aromatic rings. The normalized spacial score (nSPS) is 12.1. The Hall–Kier alpha value is -4.65. The highest BCUT2D eigenvalue weighted by molar-refractivity contribution is 6.10. The summed E-state index contributed by atoms with van der Waals surface area (Å²) in [6, 6.07) is 18.0. The van der Waals surface area contributed by atoms with Gasteiger partial charge in [-0.15, -0.1) is 0 Å². The molecule has 4 nitrogen and oxygen atoms in total. The highest BCUT2D eigenvalue weighted by atomic mass is 19.4. The van der Waals surface area contributed by atoms with E-state index in [9.17, 15) is 31.6 Å². The Morgan fingerprint density at radius 3 is 1.62 bits per heavy atom. The van der Waals surface area contributed by atoms with E-state index in [2.05, 4.69) is 0 Å². The summed E-state index contributed by atoms with van der Waals surface area (Å²) in [4.78, 5) is 0. The van der Waals surface area contributed by atoms with Crippen LogP contribution in [0.2, 0.25) is 0 Å². The molecule has 0 radical (unpaired) electrons. The number of alkyl halides is 6. The van der Waals surface area contributed by atoms with Gasteiger partial charge in [-0.3, -0.25) is 0 Å². The molecule has 0 aliphatic heterocycles. The van der Waals surface area contributed by atoms with Gasteiger partial charge in [-0.05, 0) is 78.4 Å². The first-order valence-electron chi connectivity index (χ1n) is 11.4. The first-order chi connectivity index (χ1) is 18.4. The van der Waals surface area contributed by atoms with Crippen molar-refractivity contribution in [3.63, 3.8) is 0 Å². The molecule has 198 valence electrons. The van der Waals surface area contributed by atoms with Gasteiger partial charge in [0.25, 0.3) is 0 Å². The van der Waals surface area contributed by atoms with Crippen LogP contribution in [0.1, 0.15) is 16.7 Å². The molecule has 10 heteroatoms. The highest BCUT2D eigenvalue weighted by Gasteiger charge is 2.37. The SMILES string of the molecule is COc1ccc2c(c1)c1cc(OC)ccc1n2-c1ccc(C#N)cc1-c1cc(C(F)(F)F)cc(C(F)(F)F)c1. The lowest BCUT2D eigenvalue weighted by Crippen LogP contribution is -2.11. The largest absolute Gasteiger partial charge is 0.497 e. The van der Waals surface area contributed by atoms with Crippen molar-refractivity contribution in [3.8, 4) is 34.4 Å². The van der Waals surface area contributed by atoms with Crippen LogP contribution in [0.3, 0.4) is 0 Å². The first-order valence-corrected chi connectivity index (χ1v) is 11.4. The molecule has 0 spiro atoms. The van der Waals surface area contributed by atoms with E-state index in [1.807, 2.05) is 6.07 Å². The third kappa shape index (κ3) is 4.61. The van der Waals surface area contributed by atoms with Crippen molar-refractivity contribution in [2.45, 2.75) is 12.4 Å². The van der Waals surface area contributed by atoms with Crippen LogP contribution in [-0.2, 0) is 12.4 Å². The average Bonchev–Trinajstić information content (AvgIpc) is 3.24. The second-order valence-corrected chi connectivity index (χ2v) is 8.74. The molecule has 0 aliphatic carbocycles. The fraction of sp³-hybridized carbons (Fsp3) is 0.138. The second kappa shape index (κ2) is 9.27. The molecule has 0 atom stereocenters. The molecule has 0 saturated carbocycles. The topological polar surface area (TPSA) is 47.2 Å². The predicted octanol–water partition coefficient (Wildman–Crippen LogP) is 8.38. The summed E-state index contributed by atoms with van der Waals surface area (Å²) in [5, 5.41) is 11.0. The lowest BCUT2D eigenvalue weighted by Gasteiger charge is -2.18. The lowest BCUT2D eigenvalue weighted by atomic mass is 9.96. The van der Waals surface area contributed by atoms with Gasteiger partial charge < -0.3 is 14.0 Å². The van der Waals surface area contributed by atoms with E-state index >= 15 is 0 Å². The van der Waals surface area contributed by atoms with Crippen LogP contribution < -0.4 is 9.47 Å². The number of nitriles is 1. The highest BCUT2D eigenvalue weighted by Crippen LogP contribution is 2.42. The third-order valence-electron chi connectivity index (χ3n) is 6.44. The van der Waals surface area contributed by atoms with Crippen LogP contribution in [0.4, 0.5) is 26.3 Å². The molecule has 0 N–H and O–H groups in total. The Balaban J connectivity index is 1.90. The number of hydrogen-bond acceptors (Lipinski definition) is 3. The zero-order chi connectivity index (χ0) is 28.1. The van der Waals surface area contributed by atoms with Crippen LogP contribution >= 0.6 is 0 Å². The number of hydrogen-bond donors (Lipinski definition) is 0. The molecule has 1 heterocycles. The molecule has 0 bridgehead atoms. The van der Waals surface area contributed by atoms with Crippen molar-refractivity contribution < 1.29 is 35.8 Å². The van der Waals surface area contributed by atoms with E-state index < -0.39 is 23.5 Å². The standard InChI is InChI=1S/C29H18F6N2O2/c1-38-20-4-7-26-23(13-20)24-14-21(39-2)5-8-27(24)37(26)25-6-3-16(15-36)9-22(25)17-10-18(28(30,31)32)12-19(11-17)29(33,34)35/h3-14H,1-2H3. The molecular formula is C29H18F6N2O2. The Kier molecular flexibility index (Phi) is 6.18. The van der Waals surface area contributed by atoms with E-state index in [1.54, 1.807) is 41.0 Å². The number of halogens is 6. The number of benzene rings is 4. The molecule has 0 fully saturated rings. The molecule has 39 heavy (non-hydrogen) atoms. The predicted molar refractivity (Wildman–Crippen MR) is 134 cm³/mol. The molecule has 5 rings (SSSR count). The van der Waals surface area contributed by atoms with Crippen LogP contribution in [-0.4, -0.2) is 18.8 Å². The van der Waals surface area contributed by atoms with E-state index in [-0.39, 0.29) is 28.4 Å². The van der Waals surface area contributed by atoms with Gasteiger partial charge in [-0.1, -0.05) is 0 Å². The summed E-state index contributed by atoms with van der Waals surface area (Å²) in [6.07, 6.45) is -10.0. The monoisotopic (exact) mass is 540 g/mol. The van der Waals surface area contributed by atoms with E-state index in [1.165, 1.54) is 32.4 Å². The van der Waals surface area contributed by atoms with E-state index in [4.69, 9.17) is 9.47 Å². The molecule has 0 unspecified atom stereocenters. The molecule has 4 aromatic carbocycles. The summed E-state index contributed by atoms with van der Waals surface area (Å²) >= 11 is 0. The number of methoxy groups -OCH3 is 2. The van der Waals surface area contributed by atoms with Gasteiger partial charge in [-0.2, -0.15) is 31.6 Å². The van der Waals surface area contributed by atoms with E-state index in [0.717, 1.165) is 10.8 Å². The zero-order valence-electron chi connectivity index (χ0n) is 20.4. The minimum atomic E-state index is -5.02. The summed E-state index contributed by atoms with van der Waals surface area (Å²) < 4.78 is 94.6. The lowest BCUT2D eigenvalue weighted by molar-refractivity contribution is -0.143. The Morgan fingerprint density at radius 1 is 0.667 bits per heavy atom. The van der Waals surface area contributed by atoms with Crippen LogP contribution in [0.15, 0.2) is 72.8 Å². The summed E-state index contributed by atoms with van der Waals surface area (Å²) in [7, 11) is 3.01. The maximum atomic E-state index is 13.7. The molecule has 1 aromatic heterocycles. The van der Waals surface area contributed by atoms with Crippen LogP contribution in [0.25, 0.3) is 38.6 Å². The molecule has 0 aliphatic rings. The van der Waals surface area contributed by atoms with Gasteiger partial charge in [0.2, 0.25) is 0 Å². The van der Waals surface area contributed by atoms with Gasteiger partial charge in [0.15, 0.2) is 0 Å². The molecular weight excluding hydrogens is 522 g/mol. The second-order valence-electron chi connectivity index (χ2n) is 8.74. The summed E-state index contributed by atoms with van der Waals surface area (Å²) in [6.45, 7) is 0. The Morgan fingerprint density at radius 2 is 1.18 bits per heavy atom. The van der Waals surface area contributed by atoms with Crippen molar-refractivity contribution in [1.82, 2.24) is 4.57 Å². The number of aromatic nitrogens is 1. The minimum Gasteiger partial charge on any atom is -0.497 e. The number of fused-ring (bicyclic) bond motifs is 3. The van der Waals surface area contributed by atoms with E-state index in [0.29, 0.717) is 34.7 Å². The number of ether oxygens (including phenoxy) is 2. The van der Waals surface area contributed by atoms with Crippen LogP contribution in [0, 0.1) is 11.3 Å². The van der Waals surface area contributed by atoms with Crippen molar-refractivity contribution in [1.29, 1.82) is 5.26 Å². The fourth-order valence-corrected chi connectivity index (χ4v) is 4.64. The number of nitrogens with zero attached hydrogens (tertiary/aromatic N) is 2. The van der Waals surface area contributed by atoms with Gasteiger partial charge in [0.1, 0.15) is 11.5 Å². The van der Waals surface area contributed by atoms with Crippen molar-refractivity contribution in [2.24, 2.45) is 0 Å². The average molecular weight is 540 g/mol. The first kappa shape index (κ1) is 26.0. The minimum absolute atomic E-state index is 0.0242. The maximum absolute atomic E-state index is 13.7. The van der Waals surface area contributed by atoms with Crippen molar-refractivity contribution in [2.75, 3.05) is 14.2 Å². The smallest absolute Gasteiger partial charge is 0.416 e. The molecule has 0 amide bonds. The third-order valence-corrected chi connectivity index (χ3v) is 6.44. The van der Waals surface area contributed by atoms with Gasteiger partial charge in [0, 0.05) is 16.3 Å². The van der Waals surface area contributed by atoms with Gasteiger partial charge in [0.05, 0.1) is 53.7 Å². The van der Waals surface area contributed by atoms with Crippen LogP contribution in [0.5, 0.6) is 11.5 Å². The summed E-state index contributed by atoms with van der Waals surface area (Å²) in [5.74, 6) is 1.11. The van der Waals surface area contributed by atoms with Gasteiger partial charge in [-0.25, -0.2) is 0 Å². The molecule has 0 saturated heterocycles. The Bertz CT molecular complexity index is 1680. The number of rotatable bonds is 4. The quantitative estimate of drug-likeness (QED) is 0.215. The van der Waals surface area contributed by atoms with Crippen molar-refractivity contribution >= 4 is 21.8 Å². The van der Waals surface area contributed by atoms with Gasteiger partial charge >= 0.3 is 12.4 Å². The van der Waals surface area contributed by atoms with Crippen molar-refractivity contribution in [3.05, 3.63) is 89.5 Å². The zero-order valence-corrected chi connectivity index (χ0v) is 20.4. The maximum Gasteiger partial charge on any atom is 0.416 e.